The Labute approximate surface area is 99.5 Å². The Morgan fingerprint density at radius 2 is 1.88 bits per heavy atom. The first-order valence-electron chi connectivity index (χ1n) is 5.61. The first-order valence-corrected chi connectivity index (χ1v) is 5.61. The molecule has 3 nitrogen and oxygen atoms in total. The van der Waals surface area contributed by atoms with E-state index in [-0.39, 0.29) is 0 Å². The molecule has 0 aromatic rings. The van der Waals surface area contributed by atoms with Crippen molar-refractivity contribution in [1.29, 1.82) is 0 Å². The van der Waals surface area contributed by atoms with Gasteiger partial charge >= 0.3 is 0 Å². The van der Waals surface area contributed by atoms with Crippen molar-refractivity contribution in [3.8, 4) is 0 Å². The number of hydrogen-bond donors (Lipinski definition) is 1. The molecule has 1 heterocycles. The number of hydrogen-bond acceptors (Lipinski definition) is 3. The molecule has 1 rings (SSSR count). The number of ether oxygens (including phenoxy) is 1. The predicted molar refractivity (Wildman–Crippen MR) is 70.5 cm³/mol. The zero-order valence-electron chi connectivity index (χ0n) is 10.7. The molecule has 0 saturated carbocycles. The average molecular weight is 224 g/mol. The van der Waals surface area contributed by atoms with Crippen LogP contribution < -0.4 is 5.32 Å². The molecule has 0 amide bonds. The van der Waals surface area contributed by atoms with E-state index in [2.05, 4.69) is 40.6 Å². The Balaban J connectivity index is 0.000000673. The van der Waals surface area contributed by atoms with Gasteiger partial charge in [0.2, 0.25) is 0 Å². The van der Waals surface area contributed by atoms with Crippen molar-refractivity contribution < 1.29 is 4.74 Å². The molecule has 1 aliphatic rings. The highest BCUT2D eigenvalue weighted by molar-refractivity contribution is 5.20. The van der Waals surface area contributed by atoms with Crippen LogP contribution in [-0.4, -0.2) is 45.3 Å². The maximum atomic E-state index is 4.25. The summed E-state index contributed by atoms with van der Waals surface area (Å²) in [6.45, 7) is 10.1. The fourth-order valence-electron chi connectivity index (χ4n) is 1.47. The fourth-order valence-corrected chi connectivity index (χ4v) is 1.47. The Morgan fingerprint density at radius 3 is 2.31 bits per heavy atom. The van der Waals surface area contributed by atoms with Crippen molar-refractivity contribution >= 4 is 0 Å². The maximum Gasteiger partial charge on any atom is 0.0351 e. The minimum atomic E-state index is 1.08. The van der Waals surface area contributed by atoms with E-state index < -0.39 is 0 Å². The van der Waals surface area contributed by atoms with Crippen molar-refractivity contribution in [3.05, 3.63) is 36.6 Å². The molecule has 3 heteroatoms. The summed E-state index contributed by atoms with van der Waals surface area (Å²) in [6, 6.07) is 0. The van der Waals surface area contributed by atoms with Gasteiger partial charge in [-0.2, -0.15) is 0 Å². The van der Waals surface area contributed by atoms with Gasteiger partial charge in [-0.1, -0.05) is 24.8 Å². The fraction of sp³-hybridized carbons (Fsp3) is 0.538. The van der Waals surface area contributed by atoms with Crippen LogP contribution in [-0.2, 0) is 4.74 Å². The molecule has 0 aliphatic carbocycles. The molecular formula is C13H24N2O. The number of nitrogens with one attached hydrogen (secondary N) is 1. The van der Waals surface area contributed by atoms with Crippen LogP contribution in [0.1, 0.15) is 6.92 Å². The van der Waals surface area contributed by atoms with E-state index in [4.69, 9.17) is 0 Å². The SMILES string of the molecule is C=C/C=C\C(=C/C)N1CCNCC1.COC. The predicted octanol–water partition coefficient (Wildman–Crippen LogP) is 1.80. The highest BCUT2D eigenvalue weighted by Gasteiger charge is 2.09. The van der Waals surface area contributed by atoms with Gasteiger partial charge < -0.3 is 15.0 Å². The van der Waals surface area contributed by atoms with Gasteiger partial charge in [0.25, 0.3) is 0 Å². The zero-order valence-corrected chi connectivity index (χ0v) is 10.7. The van der Waals surface area contributed by atoms with Crippen molar-refractivity contribution in [2.45, 2.75) is 6.92 Å². The molecule has 0 radical (unpaired) electrons. The molecule has 1 fully saturated rings. The van der Waals surface area contributed by atoms with Gasteiger partial charge in [-0.3, -0.25) is 0 Å². The van der Waals surface area contributed by atoms with Crippen LogP contribution >= 0.6 is 0 Å². The minimum absolute atomic E-state index is 1.08. The number of rotatable bonds is 3. The van der Waals surface area contributed by atoms with Gasteiger partial charge in [0.05, 0.1) is 0 Å². The van der Waals surface area contributed by atoms with E-state index >= 15 is 0 Å². The number of allylic oxidation sites excluding steroid dienone is 4. The van der Waals surface area contributed by atoms with Crippen LogP contribution in [0.4, 0.5) is 0 Å². The molecule has 0 bridgehead atoms. The van der Waals surface area contributed by atoms with Gasteiger partial charge in [0.15, 0.2) is 0 Å². The van der Waals surface area contributed by atoms with Crippen LogP contribution in [0.5, 0.6) is 0 Å². The van der Waals surface area contributed by atoms with Gasteiger partial charge in [-0.15, -0.1) is 0 Å². The molecule has 0 spiro atoms. The molecular weight excluding hydrogens is 200 g/mol. The van der Waals surface area contributed by atoms with E-state index in [1.165, 1.54) is 5.70 Å². The van der Waals surface area contributed by atoms with Crippen LogP contribution in [0, 0.1) is 0 Å². The zero-order chi connectivity index (χ0) is 12.2. The van der Waals surface area contributed by atoms with E-state index in [0.717, 1.165) is 26.2 Å². The topological polar surface area (TPSA) is 24.5 Å². The highest BCUT2D eigenvalue weighted by atomic mass is 16.4. The molecule has 92 valence electrons. The first kappa shape index (κ1) is 14.9. The lowest BCUT2D eigenvalue weighted by Crippen LogP contribution is -2.42. The van der Waals surface area contributed by atoms with E-state index in [1.54, 1.807) is 14.2 Å². The van der Waals surface area contributed by atoms with Gasteiger partial charge in [0.1, 0.15) is 0 Å². The smallest absolute Gasteiger partial charge is 0.0351 e. The second-order valence-electron chi connectivity index (χ2n) is 3.45. The van der Waals surface area contributed by atoms with Crippen molar-refractivity contribution in [2.75, 3.05) is 40.4 Å². The van der Waals surface area contributed by atoms with Crippen LogP contribution in [0.2, 0.25) is 0 Å². The Hall–Kier alpha value is -1.06. The molecule has 1 saturated heterocycles. The normalized spacial score (nSPS) is 16.9. The molecule has 0 unspecified atom stereocenters. The molecule has 0 aromatic heterocycles. The van der Waals surface area contributed by atoms with Crippen molar-refractivity contribution in [1.82, 2.24) is 10.2 Å². The molecule has 0 aromatic carbocycles. The van der Waals surface area contributed by atoms with Crippen LogP contribution in [0.25, 0.3) is 0 Å². The largest absolute Gasteiger partial charge is 0.388 e. The lowest BCUT2D eigenvalue weighted by Gasteiger charge is -2.30. The third-order valence-electron chi connectivity index (χ3n) is 2.18. The van der Waals surface area contributed by atoms with Crippen LogP contribution in [0.3, 0.4) is 0 Å². The Bertz CT molecular complexity index is 228. The summed E-state index contributed by atoms with van der Waals surface area (Å²) in [7, 11) is 3.25. The van der Waals surface area contributed by atoms with E-state index in [1.807, 2.05) is 12.2 Å². The number of methoxy groups -OCH3 is 1. The van der Waals surface area contributed by atoms with Gasteiger partial charge in [0, 0.05) is 46.1 Å². The van der Waals surface area contributed by atoms with Crippen molar-refractivity contribution in [2.24, 2.45) is 0 Å². The summed E-state index contributed by atoms with van der Waals surface area (Å²) >= 11 is 0. The molecule has 16 heavy (non-hydrogen) atoms. The average Bonchev–Trinajstić information content (AvgIpc) is 2.32. The number of nitrogens with zero attached hydrogens (tertiary/aromatic N) is 1. The second-order valence-corrected chi connectivity index (χ2v) is 3.45. The molecule has 1 aliphatic heterocycles. The lowest BCUT2D eigenvalue weighted by molar-refractivity contribution is 0.277. The van der Waals surface area contributed by atoms with Crippen molar-refractivity contribution in [3.63, 3.8) is 0 Å². The van der Waals surface area contributed by atoms with E-state index in [9.17, 15) is 0 Å². The summed E-state index contributed by atoms with van der Waals surface area (Å²) in [5.41, 5.74) is 1.29. The van der Waals surface area contributed by atoms with Gasteiger partial charge in [-0.05, 0) is 13.0 Å². The minimum Gasteiger partial charge on any atom is -0.388 e. The standard InChI is InChI=1S/C11H18N2.C2H6O/c1-3-5-6-11(4-2)13-9-7-12-8-10-13;1-3-2/h3-6,12H,1,7-10H2,2H3;1-2H3/b6-5-,11-4+;. The summed E-state index contributed by atoms with van der Waals surface area (Å²) in [6.07, 6.45) is 8.05. The first-order chi connectivity index (χ1) is 7.79. The molecule has 0 atom stereocenters. The molecule has 1 N–H and O–H groups in total. The summed E-state index contributed by atoms with van der Waals surface area (Å²) in [5, 5.41) is 3.34. The quantitative estimate of drug-likeness (QED) is 0.740. The Morgan fingerprint density at radius 1 is 1.31 bits per heavy atom. The van der Waals surface area contributed by atoms with E-state index in [0.29, 0.717) is 0 Å². The highest BCUT2D eigenvalue weighted by Crippen LogP contribution is 2.06. The lowest BCUT2D eigenvalue weighted by atomic mass is 10.2. The second kappa shape index (κ2) is 10.5. The van der Waals surface area contributed by atoms with Gasteiger partial charge in [-0.25, -0.2) is 0 Å². The summed E-state index contributed by atoms with van der Waals surface area (Å²) in [5.74, 6) is 0. The third-order valence-corrected chi connectivity index (χ3v) is 2.18. The maximum absolute atomic E-state index is 4.25. The number of piperazine rings is 1. The monoisotopic (exact) mass is 224 g/mol. The summed E-state index contributed by atoms with van der Waals surface area (Å²) < 4.78 is 4.25. The summed E-state index contributed by atoms with van der Waals surface area (Å²) in [4.78, 5) is 2.39. The van der Waals surface area contributed by atoms with Crippen LogP contribution in [0.15, 0.2) is 36.6 Å². The Kier molecular flexibility index (Phi) is 9.76. The third kappa shape index (κ3) is 6.43.